The SMILES string of the molecule is C=CC(=O)N1CCC(OCc2ccc(C(F)(F)F)cc2)C1.Nc1nccc(N2CCC(O)C2)n1. The van der Waals surface area contributed by atoms with E-state index in [1.54, 1.807) is 17.2 Å². The Morgan fingerprint density at radius 2 is 1.94 bits per heavy atom. The van der Waals surface area contributed by atoms with Crippen molar-refractivity contribution in [1.29, 1.82) is 0 Å². The monoisotopic (exact) mass is 479 g/mol. The van der Waals surface area contributed by atoms with Crippen LogP contribution in [0.15, 0.2) is 49.2 Å². The molecule has 2 atom stereocenters. The van der Waals surface area contributed by atoms with Gasteiger partial charge in [-0.15, -0.1) is 0 Å². The zero-order valence-electron chi connectivity index (χ0n) is 18.6. The zero-order valence-corrected chi connectivity index (χ0v) is 18.6. The summed E-state index contributed by atoms with van der Waals surface area (Å²) in [7, 11) is 0. The van der Waals surface area contributed by atoms with Crippen LogP contribution in [0.25, 0.3) is 0 Å². The number of hydrogen-bond donors (Lipinski definition) is 2. The molecule has 2 aromatic rings. The highest BCUT2D eigenvalue weighted by molar-refractivity contribution is 5.87. The lowest BCUT2D eigenvalue weighted by atomic mass is 10.1. The minimum Gasteiger partial charge on any atom is -0.391 e. The van der Waals surface area contributed by atoms with E-state index in [0.29, 0.717) is 25.2 Å². The number of anilines is 2. The van der Waals surface area contributed by atoms with Gasteiger partial charge in [-0.2, -0.15) is 18.2 Å². The number of nitrogens with two attached hydrogens (primary N) is 1. The molecule has 34 heavy (non-hydrogen) atoms. The first-order valence-electron chi connectivity index (χ1n) is 10.9. The Labute approximate surface area is 195 Å². The van der Waals surface area contributed by atoms with Gasteiger partial charge in [0.1, 0.15) is 5.82 Å². The first-order chi connectivity index (χ1) is 16.2. The van der Waals surface area contributed by atoms with Crippen LogP contribution in [0.2, 0.25) is 0 Å². The number of rotatable bonds is 5. The van der Waals surface area contributed by atoms with Gasteiger partial charge in [-0.3, -0.25) is 4.79 Å². The Bertz CT molecular complexity index is 971. The molecule has 2 unspecified atom stereocenters. The van der Waals surface area contributed by atoms with E-state index in [1.807, 2.05) is 4.90 Å². The van der Waals surface area contributed by atoms with Gasteiger partial charge >= 0.3 is 6.18 Å². The van der Waals surface area contributed by atoms with Gasteiger partial charge in [0.05, 0.1) is 24.4 Å². The number of hydrogen-bond acceptors (Lipinski definition) is 7. The molecule has 0 aliphatic carbocycles. The van der Waals surface area contributed by atoms with Crippen LogP contribution in [0, 0.1) is 0 Å². The topological polar surface area (TPSA) is 105 Å². The molecule has 2 saturated heterocycles. The smallest absolute Gasteiger partial charge is 0.391 e. The molecule has 2 aliphatic rings. The Morgan fingerprint density at radius 3 is 2.53 bits per heavy atom. The Kier molecular flexibility index (Phi) is 8.46. The first-order valence-corrected chi connectivity index (χ1v) is 10.9. The number of halogens is 3. The maximum absolute atomic E-state index is 12.4. The van der Waals surface area contributed by atoms with E-state index in [2.05, 4.69) is 16.5 Å². The van der Waals surface area contributed by atoms with Crippen molar-refractivity contribution in [2.75, 3.05) is 36.8 Å². The number of β-amino-alcohol motifs (C(OH)–C–C–N with tert-alkyl or cyclic N) is 1. The number of alkyl halides is 3. The highest BCUT2D eigenvalue weighted by Crippen LogP contribution is 2.29. The van der Waals surface area contributed by atoms with Crippen molar-refractivity contribution < 1.29 is 27.8 Å². The number of aliphatic hydroxyl groups excluding tert-OH is 1. The fourth-order valence-corrected chi connectivity index (χ4v) is 3.69. The maximum Gasteiger partial charge on any atom is 0.416 e. The van der Waals surface area contributed by atoms with Crippen LogP contribution in [0.4, 0.5) is 24.9 Å². The number of aliphatic hydroxyl groups is 1. The van der Waals surface area contributed by atoms with E-state index in [4.69, 9.17) is 10.5 Å². The van der Waals surface area contributed by atoms with Crippen LogP contribution in [0.3, 0.4) is 0 Å². The van der Waals surface area contributed by atoms with Gasteiger partial charge in [0.25, 0.3) is 0 Å². The molecule has 0 bridgehead atoms. The van der Waals surface area contributed by atoms with Gasteiger partial charge in [0, 0.05) is 32.4 Å². The lowest BCUT2D eigenvalue weighted by Crippen LogP contribution is -2.28. The second-order valence-electron chi connectivity index (χ2n) is 8.07. The predicted octanol–water partition coefficient (Wildman–Crippen LogP) is 2.64. The average molecular weight is 480 g/mol. The molecule has 11 heteroatoms. The number of amides is 1. The summed E-state index contributed by atoms with van der Waals surface area (Å²) in [6.07, 6.45) is -0.242. The summed E-state index contributed by atoms with van der Waals surface area (Å²) in [5, 5.41) is 9.31. The molecule has 4 rings (SSSR count). The number of benzene rings is 1. The van der Waals surface area contributed by atoms with Gasteiger partial charge in [0.2, 0.25) is 11.9 Å². The highest BCUT2D eigenvalue weighted by atomic mass is 19.4. The molecule has 0 spiro atoms. The summed E-state index contributed by atoms with van der Waals surface area (Å²) in [4.78, 5) is 22.9. The first kappa shape index (κ1) is 25.4. The highest BCUT2D eigenvalue weighted by Gasteiger charge is 2.30. The van der Waals surface area contributed by atoms with Crippen LogP contribution < -0.4 is 10.6 Å². The standard InChI is InChI=1S/C15H16F3NO2.C8H12N4O/c1-2-14(20)19-8-7-13(9-19)21-10-11-3-5-12(6-4-11)15(16,17)18;9-8-10-3-1-7(11-8)12-4-2-6(13)5-12/h2-6,13H,1,7-10H2;1,3,6,13H,2,4-5H2,(H2,9,10,11). The number of aromatic nitrogens is 2. The minimum atomic E-state index is -4.32. The zero-order chi connectivity index (χ0) is 24.7. The third-order valence-electron chi connectivity index (χ3n) is 5.55. The molecular weight excluding hydrogens is 451 g/mol. The fraction of sp³-hybridized carbons (Fsp3) is 0.435. The van der Waals surface area contributed by atoms with Gasteiger partial charge in [-0.25, -0.2) is 4.98 Å². The average Bonchev–Trinajstić information content (AvgIpc) is 3.46. The lowest BCUT2D eigenvalue weighted by molar-refractivity contribution is -0.137. The van der Waals surface area contributed by atoms with Crippen molar-refractivity contribution >= 4 is 17.7 Å². The van der Waals surface area contributed by atoms with Gasteiger partial charge in [-0.05, 0) is 42.7 Å². The van der Waals surface area contributed by atoms with Gasteiger partial charge in [-0.1, -0.05) is 18.7 Å². The van der Waals surface area contributed by atoms with Crippen LogP contribution in [-0.2, 0) is 22.3 Å². The van der Waals surface area contributed by atoms with E-state index in [1.165, 1.54) is 18.2 Å². The van der Waals surface area contributed by atoms with Crippen molar-refractivity contribution in [3.63, 3.8) is 0 Å². The molecule has 1 aromatic heterocycles. The summed E-state index contributed by atoms with van der Waals surface area (Å²) in [6.45, 7) is 6.23. The van der Waals surface area contributed by atoms with E-state index in [0.717, 1.165) is 37.3 Å². The third kappa shape index (κ3) is 7.16. The number of nitrogens with zero attached hydrogens (tertiary/aromatic N) is 4. The van der Waals surface area contributed by atoms with Crippen molar-refractivity contribution in [2.45, 2.75) is 37.8 Å². The van der Waals surface area contributed by atoms with E-state index < -0.39 is 11.7 Å². The molecule has 1 aromatic carbocycles. The molecule has 184 valence electrons. The Morgan fingerprint density at radius 1 is 1.21 bits per heavy atom. The molecule has 0 saturated carbocycles. The predicted molar refractivity (Wildman–Crippen MR) is 121 cm³/mol. The van der Waals surface area contributed by atoms with Crippen molar-refractivity contribution in [2.24, 2.45) is 0 Å². The largest absolute Gasteiger partial charge is 0.416 e. The van der Waals surface area contributed by atoms with E-state index in [-0.39, 0.29) is 30.7 Å². The number of nitrogen functional groups attached to an aromatic ring is 1. The minimum absolute atomic E-state index is 0.0869. The fourth-order valence-electron chi connectivity index (χ4n) is 3.69. The summed E-state index contributed by atoms with van der Waals surface area (Å²) >= 11 is 0. The van der Waals surface area contributed by atoms with Gasteiger partial charge < -0.3 is 25.4 Å². The van der Waals surface area contributed by atoms with E-state index >= 15 is 0 Å². The molecule has 0 radical (unpaired) electrons. The van der Waals surface area contributed by atoms with Crippen LogP contribution in [0.1, 0.15) is 24.0 Å². The summed E-state index contributed by atoms with van der Waals surface area (Å²) in [6, 6.07) is 6.70. The third-order valence-corrected chi connectivity index (χ3v) is 5.55. The Hall–Kier alpha value is -3.18. The molecular formula is C23H28F3N5O3. The van der Waals surface area contributed by atoms with Crippen LogP contribution in [0.5, 0.6) is 0 Å². The quantitative estimate of drug-likeness (QED) is 0.636. The number of ether oxygens (including phenoxy) is 1. The molecule has 1 amide bonds. The molecule has 2 fully saturated rings. The molecule has 3 N–H and O–H groups in total. The summed E-state index contributed by atoms with van der Waals surface area (Å²) in [5.74, 6) is 0.943. The normalized spacial score (nSPS) is 20.1. The summed E-state index contributed by atoms with van der Waals surface area (Å²) in [5.41, 5.74) is 5.46. The van der Waals surface area contributed by atoms with Crippen molar-refractivity contribution in [3.8, 4) is 0 Å². The van der Waals surface area contributed by atoms with E-state index in [9.17, 15) is 23.1 Å². The Balaban J connectivity index is 0.000000212. The van der Waals surface area contributed by atoms with Crippen LogP contribution >= 0.6 is 0 Å². The lowest BCUT2D eigenvalue weighted by Gasteiger charge is -2.15. The molecule has 2 aliphatic heterocycles. The second kappa shape index (κ2) is 11.3. The molecule has 3 heterocycles. The van der Waals surface area contributed by atoms with Gasteiger partial charge in [0.15, 0.2) is 0 Å². The maximum atomic E-state index is 12.4. The number of likely N-dealkylation sites (tertiary alicyclic amines) is 1. The summed E-state index contributed by atoms with van der Waals surface area (Å²) < 4.78 is 42.9. The number of carbonyl (C=O) groups excluding carboxylic acids is 1. The molecule has 8 nitrogen and oxygen atoms in total. The second-order valence-corrected chi connectivity index (χ2v) is 8.07. The van der Waals surface area contributed by atoms with Crippen molar-refractivity contribution in [1.82, 2.24) is 14.9 Å². The van der Waals surface area contributed by atoms with Crippen LogP contribution in [-0.4, -0.2) is 64.3 Å². The van der Waals surface area contributed by atoms with Crippen molar-refractivity contribution in [3.05, 3.63) is 60.3 Å². The number of carbonyl (C=O) groups is 1.